The normalized spacial score (nSPS) is 28.0. The SMILES string of the molecule is CC1CCCC(CN)(N(C)C(=O)NCC(F)(F)F)C1. The fourth-order valence-electron chi connectivity index (χ4n) is 2.77. The van der Waals surface area contributed by atoms with Crippen molar-refractivity contribution in [2.75, 3.05) is 20.1 Å². The van der Waals surface area contributed by atoms with Gasteiger partial charge in [-0.3, -0.25) is 0 Å². The van der Waals surface area contributed by atoms with E-state index in [4.69, 9.17) is 5.73 Å². The average molecular weight is 281 g/mol. The number of carbonyl (C=O) groups is 1. The van der Waals surface area contributed by atoms with Gasteiger partial charge in [0, 0.05) is 13.6 Å². The van der Waals surface area contributed by atoms with E-state index in [1.54, 1.807) is 0 Å². The summed E-state index contributed by atoms with van der Waals surface area (Å²) in [6, 6.07) is -0.711. The first-order valence-corrected chi connectivity index (χ1v) is 6.49. The van der Waals surface area contributed by atoms with Crippen LogP contribution in [0, 0.1) is 5.92 Å². The summed E-state index contributed by atoms with van der Waals surface area (Å²) in [5.74, 6) is 0.426. The zero-order valence-electron chi connectivity index (χ0n) is 11.4. The first-order valence-electron chi connectivity index (χ1n) is 6.49. The van der Waals surface area contributed by atoms with Crippen molar-refractivity contribution in [3.63, 3.8) is 0 Å². The van der Waals surface area contributed by atoms with Gasteiger partial charge in [0.15, 0.2) is 0 Å². The molecular weight excluding hydrogens is 259 g/mol. The second-order valence-electron chi connectivity index (χ2n) is 5.46. The zero-order chi connectivity index (χ0) is 14.7. The van der Waals surface area contributed by atoms with Gasteiger partial charge in [0.2, 0.25) is 0 Å². The van der Waals surface area contributed by atoms with Crippen molar-refractivity contribution in [3.8, 4) is 0 Å². The Kier molecular flexibility index (Phi) is 5.06. The number of nitrogens with two attached hydrogens (primary N) is 1. The van der Waals surface area contributed by atoms with Crippen LogP contribution in [0.4, 0.5) is 18.0 Å². The second kappa shape index (κ2) is 5.98. The lowest BCUT2D eigenvalue weighted by molar-refractivity contribution is -0.123. The first-order chi connectivity index (χ1) is 8.70. The third-order valence-electron chi connectivity index (χ3n) is 3.90. The second-order valence-corrected chi connectivity index (χ2v) is 5.46. The average Bonchev–Trinajstić information content (AvgIpc) is 2.34. The molecule has 4 nitrogen and oxygen atoms in total. The van der Waals surface area contributed by atoms with Crippen molar-refractivity contribution in [3.05, 3.63) is 0 Å². The van der Waals surface area contributed by atoms with E-state index in [1.165, 1.54) is 11.9 Å². The third kappa shape index (κ3) is 4.26. The number of hydrogen-bond acceptors (Lipinski definition) is 2. The molecule has 0 spiro atoms. The summed E-state index contributed by atoms with van der Waals surface area (Å²) < 4.78 is 36.3. The molecule has 7 heteroatoms. The van der Waals surface area contributed by atoms with Gasteiger partial charge in [-0.2, -0.15) is 13.2 Å². The van der Waals surface area contributed by atoms with E-state index in [0.717, 1.165) is 25.7 Å². The standard InChI is InChI=1S/C12H22F3N3O/c1-9-4-3-5-11(6-9,7-16)18(2)10(19)17-8-12(13,14)15/h9H,3-8,16H2,1-2H3,(H,17,19). The summed E-state index contributed by atoms with van der Waals surface area (Å²) >= 11 is 0. The molecule has 0 aromatic carbocycles. The van der Waals surface area contributed by atoms with Crippen LogP contribution in [0.2, 0.25) is 0 Å². The van der Waals surface area contributed by atoms with Crippen LogP contribution in [0.5, 0.6) is 0 Å². The van der Waals surface area contributed by atoms with Crippen molar-refractivity contribution < 1.29 is 18.0 Å². The molecular formula is C12H22F3N3O. The number of urea groups is 1. The van der Waals surface area contributed by atoms with Gasteiger partial charge >= 0.3 is 12.2 Å². The largest absolute Gasteiger partial charge is 0.405 e. The molecule has 112 valence electrons. The molecule has 2 unspecified atom stereocenters. The van der Waals surface area contributed by atoms with Gasteiger partial charge < -0.3 is 16.0 Å². The fraction of sp³-hybridized carbons (Fsp3) is 0.917. The molecule has 3 N–H and O–H groups in total. The summed E-state index contributed by atoms with van der Waals surface area (Å²) in [5.41, 5.74) is 5.26. The van der Waals surface area contributed by atoms with E-state index >= 15 is 0 Å². The molecule has 2 atom stereocenters. The molecule has 0 bridgehead atoms. The summed E-state index contributed by atoms with van der Waals surface area (Å²) in [6.45, 7) is 1.03. The number of hydrogen-bond donors (Lipinski definition) is 2. The van der Waals surface area contributed by atoms with E-state index in [-0.39, 0.29) is 6.54 Å². The third-order valence-corrected chi connectivity index (χ3v) is 3.90. The predicted molar refractivity (Wildman–Crippen MR) is 66.6 cm³/mol. The minimum atomic E-state index is -4.40. The van der Waals surface area contributed by atoms with Crippen molar-refractivity contribution in [2.24, 2.45) is 11.7 Å². The number of carbonyl (C=O) groups excluding carboxylic acids is 1. The lowest BCUT2D eigenvalue weighted by Crippen LogP contribution is -2.59. The van der Waals surface area contributed by atoms with Crippen LogP contribution in [0.3, 0.4) is 0 Å². The zero-order valence-corrected chi connectivity index (χ0v) is 11.4. The maximum atomic E-state index is 12.1. The van der Waals surface area contributed by atoms with Gasteiger partial charge in [-0.25, -0.2) is 4.79 Å². The quantitative estimate of drug-likeness (QED) is 0.832. The molecule has 0 aromatic rings. The first kappa shape index (κ1) is 16.1. The molecule has 0 heterocycles. The highest BCUT2D eigenvalue weighted by atomic mass is 19.4. The molecule has 0 aliphatic heterocycles. The lowest BCUT2D eigenvalue weighted by atomic mass is 9.75. The minimum Gasteiger partial charge on any atom is -0.329 e. The number of likely N-dealkylation sites (N-methyl/N-ethyl adjacent to an activating group) is 1. The number of amides is 2. The topological polar surface area (TPSA) is 58.4 Å². The Morgan fingerprint density at radius 1 is 1.53 bits per heavy atom. The summed E-state index contributed by atoms with van der Waals surface area (Å²) in [4.78, 5) is 13.2. The van der Waals surface area contributed by atoms with Crippen LogP contribution in [0.25, 0.3) is 0 Å². The van der Waals surface area contributed by atoms with Crippen LogP contribution in [-0.2, 0) is 0 Å². The monoisotopic (exact) mass is 281 g/mol. The van der Waals surface area contributed by atoms with E-state index in [0.29, 0.717) is 5.92 Å². The number of nitrogens with zero attached hydrogens (tertiary/aromatic N) is 1. The smallest absolute Gasteiger partial charge is 0.329 e. The van der Waals surface area contributed by atoms with Crippen LogP contribution >= 0.6 is 0 Å². The van der Waals surface area contributed by atoms with Crippen LogP contribution in [0.1, 0.15) is 32.6 Å². The lowest BCUT2D eigenvalue weighted by Gasteiger charge is -2.45. The van der Waals surface area contributed by atoms with Crippen LogP contribution in [0.15, 0.2) is 0 Å². The Morgan fingerprint density at radius 2 is 2.16 bits per heavy atom. The van der Waals surface area contributed by atoms with E-state index in [1.807, 2.05) is 5.32 Å². The van der Waals surface area contributed by atoms with Gasteiger partial charge in [-0.05, 0) is 18.8 Å². The van der Waals surface area contributed by atoms with Crippen LogP contribution in [-0.4, -0.2) is 42.8 Å². The molecule has 0 aromatic heterocycles. The minimum absolute atomic E-state index is 0.271. The Bertz CT molecular complexity index is 322. The fourth-order valence-corrected chi connectivity index (χ4v) is 2.77. The predicted octanol–water partition coefficient (Wildman–Crippen LogP) is 2.10. The summed E-state index contributed by atoms with van der Waals surface area (Å²) in [6.07, 6.45) is -0.912. The number of nitrogens with one attached hydrogen (secondary N) is 1. The van der Waals surface area contributed by atoms with E-state index in [2.05, 4.69) is 6.92 Å². The molecule has 1 aliphatic rings. The molecule has 1 aliphatic carbocycles. The Hall–Kier alpha value is -0.980. The highest BCUT2D eigenvalue weighted by molar-refractivity contribution is 5.74. The molecule has 19 heavy (non-hydrogen) atoms. The molecule has 1 fully saturated rings. The molecule has 1 saturated carbocycles. The Morgan fingerprint density at radius 3 is 2.63 bits per heavy atom. The molecule has 1 rings (SSSR count). The maximum absolute atomic E-state index is 12.1. The highest BCUT2D eigenvalue weighted by Gasteiger charge is 2.40. The van der Waals surface area contributed by atoms with Gasteiger partial charge in [0.25, 0.3) is 0 Å². The van der Waals surface area contributed by atoms with E-state index < -0.39 is 24.3 Å². The van der Waals surface area contributed by atoms with Gasteiger partial charge in [0.1, 0.15) is 6.54 Å². The van der Waals surface area contributed by atoms with Crippen LogP contribution < -0.4 is 11.1 Å². The maximum Gasteiger partial charge on any atom is 0.405 e. The van der Waals surface area contributed by atoms with Gasteiger partial charge in [-0.15, -0.1) is 0 Å². The molecule has 0 radical (unpaired) electrons. The Balaban J connectivity index is 2.67. The Labute approximate surface area is 111 Å². The number of halogens is 3. The van der Waals surface area contributed by atoms with Crippen molar-refractivity contribution in [1.29, 1.82) is 0 Å². The van der Waals surface area contributed by atoms with Crippen molar-refractivity contribution >= 4 is 6.03 Å². The summed E-state index contributed by atoms with van der Waals surface area (Å²) in [7, 11) is 1.52. The highest BCUT2D eigenvalue weighted by Crippen LogP contribution is 2.35. The number of rotatable bonds is 3. The number of alkyl halides is 3. The molecule has 2 amide bonds. The summed E-state index contributed by atoms with van der Waals surface area (Å²) in [5, 5.41) is 1.90. The van der Waals surface area contributed by atoms with Gasteiger partial charge in [0.05, 0.1) is 5.54 Å². The van der Waals surface area contributed by atoms with Crippen molar-refractivity contribution in [2.45, 2.75) is 44.3 Å². The molecule has 0 saturated heterocycles. The van der Waals surface area contributed by atoms with Crippen molar-refractivity contribution in [1.82, 2.24) is 10.2 Å². The van der Waals surface area contributed by atoms with Gasteiger partial charge in [-0.1, -0.05) is 19.8 Å². The van der Waals surface area contributed by atoms with E-state index in [9.17, 15) is 18.0 Å².